The molecule has 0 aliphatic carbocycles. The molecule has 22 heavy (non-hydrogen) atoms. The molecule has 3 rings (SSSR count). The third kappa shape index (κ3) is 2.93. The number of benzene rings is 2. The normalized spacial score (nSPS) is 14.0. The Kier molecular flexibility index (Phi) is 4.30. The van der Waals surface area contributed by atoms with Crippen LogP contribution in [-0.2, 0) is 13.0 Å². The summed E-state index contributed by atoms with van der Waals surface area (Å²) < 4.78 is 13.3. The van der Waals surface area contributed by atoms with Gasteiger partial charge in [0.2, 0.25) is 0 Å². The average Bonchev–Trinajstić information content (AvgIpc) is 2.51. The predicted octanol–water partition coefficient (Wildman–Crippen LogP) is 4.39. The number of thioether (sulfide) groups is 1. The maximum absolute atomic E-state index is 13.3. The first-order valence-corrected chi connectivity index (χ1v) is 8.62. The van der Waals surface area contributed by atoms with Gasteiger partial charge >= 0.3 is 0 Å². The van der Waals surface area contributed by atoms with Crippen LogP contribution >= 0.6 is 11.8 Å². The van der Waals surface area contributed by atoms with Crippen molar-refractivity contribution in [2.75, 3.05) is 22.9 Å². The summed E-state index contributed by atoms with van der Waals surface area (Å²) in [4.78, 5) is 3.51. The number of nitrogen functional groups attached to an aromatic ring is 1. The summed E-state index contributed by atoms with van der Waals surface area (Å²) in [5.41, 5.74) is 11.7. The van der Waals surface area contributed by atoms with Crippen LogP contribution in [0.15, 0.2) is 35.2 Å². The van der Waals surface area contributed by atoms with E-state index in [1.54, 1.807) is 23.9 Å². The van der Waals surface area contributed by atoms with Crippen LogP contribution in [0, 0.1) is 12.7 Å². The zero-order valence-electron chi connectivity index (χ0n) is 13.0. The van der Waals surface area contributed by atoms with Gasteiger partial charge in [0.1, 0.15) is 5.82 Å². The minimum atomic E-state index is -0.142. The number of nitrogens with zero attached hydrogens (tertiary/aromatic N) is 1. The summed E-state index contributed by atoms with van der Waals surface area (Å²) in [6.45, 7) is 5.94. The lowest BCUT2D eigenvalue weighted by Gasteiger charge is -2.31. The largest absolute Gasteiger partial charge is 0.398 e. The van der Waals surface area contributed by atoms with E-state index in [1.807, 2.05) is 6.07 Å². The Balaban J connectivity index is 1.91. The number of aryl methyl sites for hydroxylation is 1. The van der Waals surface area contributed by atoms with Gasteiger partial charge in [-0.1, -0.05) is 13.0 Å². The third-order valence-corrected chi connectivity index (χ3v) is 5.12. The van der Waals surface area contributed by atoms with E-state index in [-0.39, 0.29) is 5.82 Å². The van der Waals surface area contributed by atoms with Crippen molar-refractivity contribution in [1.82, 2.24) is 0 Å². The molecule has 2 aromatic carbocycles. The molecule has 2 nitrogen and oxygen atoms in total. The number of nitrogens with two attached hydrogens (primary N) is 1. The third-order valence-electron chi connectivity index (χ3n) is 4.18. The molecule has 1 aliphatic rings. The van der Waals surface area contributed by atoms with E-state index >= 15 is 0 Å². The van der Waals surface area contributed by atoms with Crippen molar-refractivity contribution in [3.8, 4) is 0 Å². The summed E-state index contributed by atoms with van der Waals surface area (Å²) in [6, 6.07) is 9.46. The van der Waals surface area contributed by atoms with Gasteiger partial charge in [0.05, 0.1) is 0 Å². The van der Waals surface area contributed by atoms with E-state index in [0.717, 1.165) is 47.0 Å². The highest BCUT2D eigenvalue weighted by Crippen LogP contribution is 2.34. The molecule has 2 N–H and O–H groups in total. The van der Waals surface area contributed by atoms with Gasteiger partial charge in [0.15, 0.2) is 0 Å². The van der Waals surface area contributed by atoms with Gasteiger partial charge in [-0.3, -0.25) is 0 Å². The van der Waals surface area contributed by atoms with Crippen molar-refractivity contribution in [2.24, 2.45) is 0 Å². The Morgan fingerprint density at radius 3 is 2.82 bits per heavy atom. The maximum Gasteiger partial charge on any atom is 0.123 e. The van der Waals surface area contributed by atoms with Gasteiger partial charge < -0.3 is 10.6 Å². The number of halogens is 1. The molecule has 4 heteroatoms. The standard InChI is InChI=1S/C18H21FN2S/c1-3-22-17-10-16(8-12(2)18(17)20)21-7-6-13-9-15(19)5-4-14(13)11-21/h4-5,8-10H,3,6-7,11,20H2,1-2H3. The number of rotatable bonds is 3. The highest BCUT2D eigenvalue weighted by Gasteiger charge is 2.18. The van der Waals surface area contributed by atoms with Crippen molar-refractivity contribution in [1.29, 1.82) is 0 Å². The zero-order chi connectivity index (χ0) is 15.7. The minimum absolute atomic E-state index is 0.142. The first-order valence-electron chi connectivity index (χ1n) is 7.63. The van der Waals surface area contributed by atoms with E-state index in [9.17, 15) is 4.39 Å². The Hall–Kier alpha value is -1.68. The maximum atomic E-state index is 13.3. The number of hydrogen-bond donors (Lipinski definition) is 1. The van der Waals surface area contributed by atoms with Crippen LogP contribution in [0.3, 0.4) is 0 Å². The molecule has 0 spiro atoms. The van der Waals surface area contributed by atoms with E-state index in [2.05, 4.69) is 30.9 Å². The summed E-state index contributed by atoms with van der Waals surface area (Å²) in [5, 5.41) is 0. The van der Waals surface area contributed by atoms with Crippen LogP contribution < -0.4 is 10.6 Å². The minimum Gasteiger partial charge on any atom is -0.398 e. The second-order valence-electron chi connectivity index (χ2n) is 5.69. The first-order chi connectivity index (χ1) is 10.6. The highest BCUT2D eigenvalue weighted by molar-refractivity contribution is 7.99. The lowest BCUT2D eigenvalue weighted by molar-refractivity contribution is 0.619. The van der Waals surface area contributed by atoms with Gasteiger partial charge in [-0.15, -0.1) is 11.8 Å². The molecule has 116 valence electrons. The Morgan fingerprint density at radius 1 is 1.23 bits per heavy atom. The second kappa shape index (κ2) is 6.21. The number of hydrogen-bond acceptors (Lipinski definition) is 3. The van der Waals surface area contributed by atoms with Crippen molar-refractivity contribution in [2.45, 2.75) is 31.7 Å². The fourth-order valence-corrected chi connectivity index (χ4v) is 3.78. The molecule has 1 heterocycles. The second-order valence-corrected chi connectivity index (χ2v) is 7.00. The van der Waals surface area contributed by atoms with Gasteiger partial charge in [0.25, 0.3) is 0 Å². The smallest absolute Gasteiger partial charge is 0.123 e. The molecule has 0 saturated heterocycles. The van der Waals surface area contributed by atoms with Gasteiger partial charge in [0, 0.05) is 29.4 Å². The summed E-state index contributed by atoms with van der Waals surface area (Å²) in [7, 11) is 0. The molecule has 0 aromatic heterocycles. The van der Waals surface area contributed by atoms with Crippen LogP contribution in [0.25, 0.3) is 0 Å². The zero-order valence-corrected chi connectivity index (χ0v) is 13.8. The van der Waals surface area contributed by atoms with Crippen molar-refractivity contribution >= 4 is 23.1 Å². The molecule has 0 unspecified atom stereocenters. The van der Waals surface area contributed by atoms with Gasteiger partial charge in [-0.05, 0) is 60.1 Å². The Bertz CT molecular complexity index is 700. The van der Waals surface area contributed by atoms with E-state index in [1.165, 1.54) is 11.3 Å². The molecule has 0 bridgehead atoms. The van der Waals surface area contributed by atoms with Gasteiger partial charge in [-0.2, -0.15) is 0 Å². The number of fused-ring (bicyclic) bond motifs is 1. The summed E-state index contributed by atoms with van der Waals surface area (Å²) >= 11 is 1.78. The molecule has 1 aliphatic heterocycles. The van der Waals surface area contributed by atoms with Crippen LogP contribution in [0.5, 0.6) is 0 Å². The fraction of sp³-hybridized carbons (Fsp3) is 0.333. The molecule has 2 aromatic rings. The molecular formula is C18H21FN2S. The quantitative estimate of drug-likeness (QED) is 0.672. The predicted molar refractivity (Wildman–Crippen MR) is 93.1 cm³/mol. The fourth-order valence-electron chi connectivity index (χ4n) is 2.95. The monoisotopic (exact) mass is 316 g/mol. The SMILES string of the molecule is CCSc1cc(N2CCc3cc(F)ccc3C2)cc(C)c1N. The van der Waals surface area contributed by atoms with Crippen LogP contribution in [0.4, 0.5) is 15.8 Å². The molecule has 0 atom stereocenters. The first kappa shape index (κ1) is 15.2. The molecule has 0 amide bonds. The molecule has 0 fully saturated rings. The Labute approximate surface area is 135 Å². The highest BCUT2D eigenvalue weighted by atomic mass is 32.2. The number of anilines is 2. The molecule has 0 saturated carbocycles. The lowest BCUT2D eigenvalue weighted by atomic mass is 9.99. The van der Waals surface area contributed by atoms with Crippen LogP contribution in [0.1, 0.15) is 23.6 Å². The van der Waals surface area contributed by atoms with Gasteiger partial charge in [-0.25, -0.2) is 4.39 Å². The van der Waals surface area contributed by atoms with E-state index in [4.69, 9.17) is 5.73 Å². The molecule has 0 radical (unpaired) electrons. The van der Waals surface area contributed by atoms with Crippen molar-refractivity contribution in [3.63, 3.8) is 0 Å². The van der Waals surface area contributed by atoms with E-state index < -0.39 is 0 Å². The summed E-state index contributed by atoms with van der Waals surface area (Å²) in [5.74, 6) is 0.868. The van der Waals surface area contributed by atoms with Crippen LogP contribution in [0.2, 0.25) is 0 Å². The topological polar surface area (TPSA) is 29.3 Å². The Morgan fingerprint density at radius 2 is 2.05 bits per heavy atom. The average molecular weight is 316 g/mol. The van der Waals surface area contributed by atoms with Crippen molar-refractivity contribution in [3.05, 3.63) is 52.8 Å². The summed E-state index contributed by atoms with van der Waals surface area (Å²) in [6.07, 6.45) is 0.882. The van der Waals surface area contributed by atoms with Crippen molar-refractivity contribution < 1.29 is 4.39 Å². The van der Waals surface area contributed by atoms with Crippen LogP contribution in [-0.4, -0.2) is 12.3 Å². The van der Waals surface area contributed by atoms with E-state index in [0.29, 0.717) is 0 Å². The lowest BCUT2D eigenvalue weighted by Crippen LogP contribution is -2.30. The molecular weight excluding hydrogens is 295 g/mol.